The Bertz CT molecular complexity index is 939. The lowest BCUT2D eigenvalue weighted by atomic mass is 10.1. The molecule has 150 valence electrons. The first-order valence-corrected chi connectivity index (χ1v) is 10.6. The maximum atomic E-state index is 11.2. The first-order valence-electron chi connectivity index (χ1n) is 9.08. The van der Waals surface area contributed by atoms with E-state index in [0.29, 0.717) is 17.9 Å². The van der Waals surface area contributed by atoms with Gasteiger partial charge in [-0.15, -0.1) is 12.4 Å². The average Bonchev–Trinajstić information content (AvgIpc) is 2.67. The minimum absolute atomic E-state index is 0. The van der Waals surface area contributed by atoms with Gasteiger partial charge in [-0.2, -0.15) is 0 Å². The third kappa shape index (κ3) is 3.79. The fourth-order valence-electron chi connectivity index (χ4n) is 3.45. The summed E-state index contributed by atoms with van der Waals surface area (Å²) >= 11 is 0. The van der Waals surface area contributed by atoms with E-state index in [9.17, 15) is 9.11 Å². The van der Waals surface area contributed by atoms with Crippen molar-refractivity contribution in [2.45, 2.75) is 18.3 Å². The molecule has 5 nitrogen and oxygen atoms in total. The second kappa shape index (κ2) is 8.59. The van der Waals surface area contributed by atoms with Gasteiger partial charge in [0.25, 0.3) is 0 Å². The Labute approximate surface area is 173 Å². The van der Waals surface area contributed by atoms with Gasteiger partial charge in [0, 0.05) is 6.42 Å². The van der Waals surface area contributed by atoms with E-state index in [2.05, 4.69) is 5.32 Å². The SMILES string of the molecule is CNCCC[C@H]1Oc2cc3ccccc3cc2N(c2ccccc2)S1(O)O.Cl. The lowest BCUT2D eigenvalue weighted by molar-refractivity contribution is 0.236. The van der Waals surface area contributed by atoms with Crippen molar-refractivity contribution in [3.63, 3.8) is 0 Å². The van der Waals surface area contributed by atoms with Gasteiger partial charge in [0.05, 0.1) is 5.69 Å². The number of para-hydroxylation sites is 1. The van der Waals surface area contributed by atoms with Gasteiger partial charge in [0.2, 0.25) is 5.44 Å². The number of ether oxygens (including phenoxy) is 1. The smallest absolute Gasteiger partial charge is 0.206 e. The fraction of sp³-hybridized carbons (Fsp3) is 0.238. The predicted molar refractivity (Wildman–Crippen MR) is 120 cm³/mol. The lowest BCUT2D eigenvalue weighted by Gasteiger charge is -2.52. The summed E-state index contributed by atoms with van der Waals surface area (Å²) in [6.45, 7) is 0.797. The predicted octanol–water partition coefficient (Wildman–Crippen LogP) is 5.78. The maximum Gasteiger partial charge on any atom is 0.206 e. The van der Waals surface area contributed by atoms with E-state index < -0.39 is 16.2 Å². The molecule has 0 aliphatic carbocycles. The molecule has 0 amide bonds. The Morgan fingerprint density at radius 3 is 2.32 bits per heavy atom. The molecule has 7 heteroatoms. The Kier molecular flexibility index (Phi) is 6.37. The second-order valence-corrected chi connectivity index (χ2v) is 8.66. The van der Waals surface area contributed by atoms with E-state index in [-0.39, 0.29) is 12.4 Å². The van der Waals surface area contributed by atoms with Crippen LogP contribution in [0, 0.1) is 0 Å². The molecule has 0 spiro atoms. The van der Waals surface area contributed by atoms with Crippen LogP contribution < -0.4 is 14.4 Å². The number of nitrogens with one attached hydrogen (secondary N) is 1. The Morgan fingerprint density at radius 2 is 1.64 bits per heavy atom. The average molecular weight is 421 g/mol. The quantitative estimate of drug-likeness (QED) is 0.456. The van der Waals surface area contributed by atoms with Gasteiger partial charge < -0.3 is 10.1 Å². The molecule has 3 N–H and O–H groups in total. The second-order valence-electron chi connectivity index (χ2n) is 6.65. The van der Waals surface area contributed by atoms with Crippen LogP contribution in [0.5, 0.6) is 5.75 Å². The summed E-state index contributed by atoms with van der Waals surface area (Å²) < 4.78 is 30.1. The topological polar surface area (TPSA) is 65.0 Å². The monoisotopic (exact) mass is 420 g/mol. The third-order valence-electron chi connectivity index (χ3n) is 4.78. The molecule has 0 saturated heterocycles. The van der Waals surface area contributed by atoms with Gasteiger partial charge in [0.1, 0.15) is 11.4 Å². The Balaban J connectivity index is 0.00000225. The molecule has 0 fully saturated rings. The highest BCUT2D eigenvalue weighted by molar-refractivity contribution is 8.26. The summed E-state index contributed by atoms with van der Waals surface area (Å²) in [6, 6.07) is 21.5. The molecule has 1 aliphatic rings. The minimum Gasteiger partial charge on any atom is -0.467 e. The third-order valence-corrected chi connectivity index (χ3v) is 6.77. The molecule has 3 aromatic rings. The molecule has 0 unspecified atom stereocenters. The number of anilines is 2. The van der Waals surface area contributed by atoms with Gasteiger partial charge in [0.15, 0.2) is 0 Å². The van der Waals surface area contributed by atoms with E-state index in [4.69, 9.17) is 4.74 Å². The van der Waals surface area contributed by atoms with Crippen LogP contribution in [-0.4, -0.2) is 28.1 Å². The van der Waals surface area contributed by atoms with E-state index in [0.717, 1.165) is 29.4 Å². The number of nitrogens with zero attached hydrogens (tertiary/aromatic N) is 1. The molecule has 0 bridgehead atoms. The van der Waals surface area contributed by atoms with Crippen molar-refractivity contribution in [1.29, 1.82) is 0 Å². The highest BCUT2D eigenvalue weighted by Crippen LogP contribution is 2.62. The summed E-state index contributed by atoms with van der Waals surface area (Å²) in [7, 11) is -1.31. The van der Waals surface area contributed by atoms with Crippen LogP contribution in [0.25, 0.3) is 10.8 Å². The zero-order valence-corrected chi connectivity index (χ0v) is 17.2. The van der Waals surface area contributed by atoms with Gasteiger partial charge in [-0.25, -0.2) is 4.31 Å². The lowest BCUT2D eigenvalue weighted by Crippen LogP contribution is -2.39. The van der Waals surface area contributed by atoms with Crippen molar-refractivity contribution in [1.82, 2.24) is 5.32 Å². The van der Waals surface area contributed by atoms with Crippen molar-refractivity contribution in [3.05, 3.63) is 66.7 Å². The van der Waals surface area contributed by atoms with Crippen molar-refractivity contribution < 1.29 is 13.8 Å². The molecule has 28 heavy (non-hydrogen) atoms. The number of fused-ring (bicyclic) bond motifs is 2. The number of hydrogen-bond donors (Lipinski definition) is 3. The van der Waals surface area contributed by atoms with Crippen molar-refractivity contribution in [3.8, 4) is 5.75 Å². The number of rotatable bonds is 5. The zero-order chi connectivity index (χ0) is 18.9. The highest BCUT2D eigenvalue weighted by atomic mass is 35.5. The largest absolute Gasteiger partial charge is 0.467 e. The standard InChI is InChI=1S/C21H24N2O3S.ClH/c1-22-13-7-12-21-26-20-15-17-9-6-5-8-16(17)14-19(20)23(27(21,24)25)18-10-3-2-4-11-18;/h2-6,8-11,14-15,21-22,24-25H,7,12-13H2,1H3;1H/t21-;/m0./s1. The van der Waals surface area contributed by atoms with E-state index in [1.165, 1.54) is 0 Å². The van der Waals surface area contributed by atoms with Crippen LogP contribution in [0.2, 0.25) is 0 Å². The minimum atomic E-state index is -3.20. The van der Waals surface area contributed by atoms with Crippen LogP contribution in [-0.2, 0) is 0 Å². The summed E-state index contributed by atoms with van der Waals surface area (Å²) in [5.41, 5.74) is 0.750. The Hall–Kier alpha value is -1.96. The molecule has 0 radical (unpaired) electrons. The van der Waals surface area contributed by atoms with Crippen molar-refractivity contribution >= 4 is 45.3 Å². The fourth-order valence-corrected chi connectivity index (χ4v) is 5.26. The summed E-state index contributed by atoms with van der Waals surface area (Å²) in [5.74, 6) is 0.679. The first kappa shape index (κ1) is 20.8. The highest BCUT2D eigenvalue weighted by Gasteiger charge is 2.41. The van der Waals surface area contributed by atoms with Crippen LogP contribution in [0.15, 0.2) is 66.7 Å². The summed E-state index contributed by atoms with van der Waals surface area (Å²) in [5, 5.41) is 5.20. The molecule has 0 saturated carbocycles. The zero-order valence-electron chi connectivity index (χ0n) is 15.6. The molecule has 0 aromatic heterocycles. The van der Waals surface area contributed by atoms with Gasteiger partial charge >= 0.3 is 0 Å². The van der Waals surface area contributed by atoms with Gasteiger partial charge in [-0.05, 0) is 55.1 Å². The molecular formula is C21H25ClN2O3S. The summed E-state index contributed by atoms with van der Waals surface area (Å²) in [4.78, 5) is 0. The molecule has 1 atom stereocenters. The normalized spacial score (nSPS) is 18.7. The molecule has 4 rings (SSSR count). The number of hydrogen-bond acceptors (Lipinski definition) is 5. The first-order chi connectivity index (χ1) is 13.1. The van der Waals surface area contributed by atoms with E-state index in [1.54, 1.807) is 4.31 Å². The maximum absolute atomic E-state index is 11.2. The van der Waals surface area contributed by atoms with Crippen LogP contribution in [0.1, 0.15) is 12.8 Å². The van der Waals surface area contributed by atoms with Gasteiger partial charge in [-0.1, -0.05) is 53.2 Å². The summed E-state index contributed by atoms with van der Waals surface area (Å²) in [6.07, 6.45) is 1.35. The molecule has 3 aromatic carbocycles. The van der Waals surface area contributed by atoms with E-state index in [1.807, 2.05) is 73.8 Å². The number of benzene rings is 3. The van der Waals surface area contributed by atoms with Crippen molar-refractivity contribution in [2.24, 2.45) is 0 Å². The molecule has 1 aliphatic heterocycles. The van der Waals surface area contributed by atoms with Crippen LogP contribution >= 0.6 is 23.2 Å². The molecular weight excluding hydrogens is 396 g/mol. The number of halogens is 1. The van der Waals surface area contributed by atoms with Gasteiger partial charge in [-0.3, -0.25) is 9.11 Å². The Morgan fingerprint density at radius 1 is 1.00 bits per heavy atom. The van der Waals surface area contributed by atoms with Crippen LogP contribution in [0.3, 0.4) is 0 Å². The van der Waals surface area contributed by atoms with Crippen LogP contribution in [0.4, 0.5) is 11.4 Å². The molecule has 1 heterocycles. The van der Waals surface area contributed by atoms with Crippen molar-refractivity contribution in [2.75, 3.05) is 17.9 Å². The van der Waals surface area contributed by atoms with E-state index >= 15 is 0 Å².